The normalized spacial score (nSPS) is 19.3. The molecule has 3 aromatic carbocycles. The molecule has 0 aliphatic carbocycles. The summed E-state index contributed by atoms with van der Waals surface area (Å²) in [5.74, 6) is 2.45. The molecule has 146 valence electrons. The van der Waals surface area contributed by atoms with Gasteiger partial charge in [-0.2, -0.15) is 0 Å². The first kappa shape index (κ1) is 17.6. The molecule has 5 rings (SSSR count). The molecule has 0 N–H and O–H groups in total. The SMILES string of the molecule is COc1ccc2c3c(c4cc(OC)c(OC)cc4c2c1)CN1CCCC[C@H]1C3. The van der Waals surface area contributed by atoms with E-state index in [1.807, 2.05) is 0 Å². The van der Waals surface area contributed by atoms with Gasteiger partial charge in [0, 0.05) is 12.6 Å². The highest BCUT2D eigenvalue weighted by Gasteiger charge is 2.31. The summed E-state index contributed by atoms with van der Waals surface area (Å²) in [6.07, 6.45) is 5.09. The van der Waals surface area contributed by atoms with Crippen LogP contribution in [0.1, 0.15) is 30.4 Å². The van der Waals surface area contributed by atoms with Crippen molar-refractivity contribution in [2.45, 2.75) is 38.3 Å². The standard InChI is InChI=1S/C24H27NO3/c1-26-16-7-8-17-18-10-15-6-4-5-9-25(15)14-22(18)21-13-24(28-3)23(27-2)12-20(21)19(17)11-16/h7-8,11-13,15H,4-6,9-10,14H2,1-3H3/t15-/m0/s1. The fraction of sp³-hybridized carbons (Fsp3) is 0.417. The van der Waals surface area contributed by atoms with Crippen LogP contribution in [0.15, 0.2) is 30.3 Å². The van der Waals surface area contributed by atoms with E-state index in [1.165, 1.54) is 58.5 Å². The maximum Gasteiger partial charge on any atom is 0.161 e. The molecule has 1 fully saturated rings. The van der Waals surface area contributed by atoms with Crippen LogP contribution in [-0.4, -0.2) is 38.8 Å². The Labute approximate surface area is 166 Å². The zero-order chi connectivity index (χ0) is 19.3. The van der Waals surface area contributed by atoms with E-state index in [0.717, 1.165) is 30.2 Å². The predicted octanol–water partition coefficient (Wildman–Crippen LogP) is 4.93. The van der Waals surface area contributed by atoms with Crippen molar-refractivity contribution in [3.05, 3.63) is 41.5 Å². The summed E-state index contributed by atoms with van der Waals surface area (Å²) in [7, 11) is 5.13. The third-order valence-electron chi connectivity index (χ3n) is 6.61. The molecule has 0 bridgehead atoms. The van der Waals surface area contributed by atoms with Gasteiger partial charge in [0.1, 0.15) is 5.75 Å². The Hall–Kier alpha value is -2.46. The molecular formula is C24H27NO3. The first-order valence-corrected chi connectivity index (χ1v) is 10.1. The summed E-state index contributed by atoms with van der Waals surface area (Å²) in [6, 6.07) is 11.4. The summed E-state index contributed by atoms with van der Waals surface area (Å²) in [4.78, 5) is 2.68. The molecule has 0 saturated carbocycles. The van der Waals surface area contributed by atoms with Crippen molar-refractivity contribution in [2.75, 3.05) is 27.9 Å². The fourth-order valence-electron chi connectivity index (χ4n) is 5.16. The number of nitrogens with zero attached hydrogens (tertiary/aromatic N) is 1. The predicted molar refractivity (Wildman–Crippen MR) is 113 cm³/mol. The average Bonchev–Trinajstić information content (AvgIpc) is 2.76. The van der Waals surface area contributed by atoms with Crippen molar-refractivity contribution < 1.29 is 14.2 Å². The van der Waals surface area contributed by atoms with Crippen molar-refractivity contribution in [2.24, 2.45) is 0 Å². The molecule has 0 amide bonds. The third-order valence-corrected chi connectivity index (χ3v) is 6.61. The first-order chi connectivity index (χ1) is 13.7. The lowest BCUT2D eigenvalue weighted by atomic mass is 9.82. The second-order valence-corrected chi connectivity index (χ2v) is 7.95. The van der Waals surface area contributed by atoms with Gasteiger partial charge in [-0.3, -0.25) is 4.90 Å². The molecule has 28 heavy (non-hydrogen) atoms. The van der Waals surface area contributed by atoms with E-state index in [4.69, 9.17) is 14.2 Å². The molecule has 2 heterocycles. The van der Waals surface area contributed by atoms with E-state index in [2.05, 4.69) is 35.2 Å². The number of piperidine rings is 1. The molecule has 0 unspecified atom stereocenters. The van der Waals surface area contributed by atoms with Gasteiger partial charge in [0.05, 0.1) is 21.3 Å². The molecule has 2 aliphatic heterocycles. The minimum absolute atomic E-state index is 0.671. The van der Waals surface area contributed by atoms with Gasteiger partial charge < -0.3 is 14.2 Å². The number of rotatable bonds is 3. The number of ether oxygens (including phenoxy) is 3. The number of hydrogen-bond acceptors (Lipinski definition) is 4. The molecule has 0 spiro atoms. The Morgan fingerprint density at radius 3 is 2.29 bits per heavy atom. The Balaban J connectivity index is 1.85. The summed E-state index contributed by atoms with van der Waals surface area (Å²) in [5, 5.41) is 5.07. The Morgan fingerprint density at radius 1 is 0.786 bits per heavy atom. The Kier molecular flexibility index (Phi) is 4.31. The third kappa shape index (κ3) is 2.62. The number of fused-ring (bicyclic) bond motifs is 7. The number of hydrogen-bond donors (Lipinski definition) is 0. The summed E-state index contributed by atoms with van der Waals surface area (Å²) in [6.45, 7) is 2.23. The topological polar surface area (TPSA) is 30.9 Å². The second kappa shape index (κ2) is 6.85. The molecule has 4 nitrogen and oxygen atoms in total. The Bertz CT molecular complexity index is 1060. The van der Waals surface area contributed by atoms with Crippen LogP contribution in [0.5, 0.6) is 17.2 Å². The van der Waals surface area contributed by atoms with E-state index in [-0.39, 0.29) is 0 Å². The lowest BCUT2D eigenvalue weighted by molar-refractivity contribution is 0.128. The van der Waals surface area contributed by atoms with E-state index < -0.39 is 0 Å². The Morgan fingerprint density at radius 2 is 1.54 bits per heavy atom. The van der Waals surface area contributed by atoms with Gasteiger partial charge >= 0.3 is 0 Å². The van der Waals surface area contributed by atoms with Crippen molar-refractivity contribution >= 4 is 21.5 Å². The van der Waals surface area contributed by atoms with Gasteiger partial charge in [0.25, 0.3) is 0 Å². The van der Waals surface area contributed by atoms with E-state index in [9.17, 15) is 0 Å². The van der Waals surface area contributed by atoms with E-state index >= 15 is 0 Å². The maximum absolute atomic E-state index is 5.64. The summed E-state index contributed by atoms with van der Waals surface area (Å²) >= 11 is 0. The zero-order valence-corrected chi connectivity index (χ0v) is 16.9. The fourth-order valence-corrected chi connectivity index (χ4v) is 5.16. The summed E-state index contributed by atoms with van der Waals surface area (Å²) < 4.78 is 16.8. The minimum Gasteiger partial charge on any atom is -0.497 e. The van der Waals surface area contributed by atoms with Crippen molar-refractivity contribution in [3.63, 3.8) is 0 Å². The largest absolute Gasteiger partial charge is 0.497 e. The first-order valence-electron chi connectivity index (χ1n) is 10.1. The number of methoxy groups -OCH3 is 3. The van der Waals surface area contributed by atoms with Crippen LogP contribution in [0.4, 0.5) is 0 Å². The molecule has 2 aliphatic rings. The second-order valence-electron chi connectivity index (χ2n) is 7.95. The molecule has 0 radical (unpaired) electrons. The minimum atomic E-state index is 0.671. The highest BCUT2D eigenvalue weighted by atomic mass is 16.5. The molecule has 4 heteroatoms. The van der Waals surface area contributed by atoms with Crippen LogP contribution in [0, 0.1) is 0 Å². The molecule has 3 aromatic rings. The number of benzene rings is 3. The van der Waals surface area contributed by atoms with E-state index in [1.54, 1.807) is 21.3 Å². The van der Waals surface area contributed by atoms with Crippen molar-refractivity contribution in [1.29, 1.82) is 0 Å². The van der Waals surface area contributed by atoms with Crippen LogP contribution in [0.2, 0.25) is 0 Å². The van der Waals surface area contributed by atoms with Gasteiger partial charge in [-0.15, -0.1) is 0 Å². The van der Waals surface area contributed by atoms with Crippen LogP contribution >= 0.6 is 0 Å². The van der Waals surface area contributed by atoms with Gasteiger partial charge in [-0.05, 0) is 82.7 Å². The summed E-state index contributed by atoms with van der Waals surface area (Å²) in [5.41, 5.74) is 2.95. The van der Waals surface area contributed by atoms with Crippen LogP contribution in [0.25, 0.3) is 21.5 Å². The van der Waals surface area contributed by atoms with Gasteiger partial charge in [0.15, 0.2) is 11.5 Å². The van der Waals surface area contributed by atoms with Gasteiger partial charge in [0.2, 0.25) is 0 Å². The molecule has 1 saturated heterocycles. The van der Waals surface area contributed by atoms with Crippen LogP contribution < -0.4 is 14.2 Å². The molecule has 0 aromatic heterocycles. The van der Waals surface area contributed by atoms with Crippen LogP contribution in [-0.2, 0) is 13.0 Å². The zero-order valence-electron chi connectivity index (χ0n) is 16.9. The monoisotopic (exact) mass is 377 g/mol. The van der Waals surface area contributed by atoms with Gasteiger partial charge in [-0.1, -0.05) is 12.5 Å². The average molecular weight is 377 g/mol. The highest BCUT2D eigenvalue weighted by molar-refractivity contribution is 6.12. The maximum atomic E-state index is 5.64. The quantitative estimate of drug-likeness (QED) is 0.606. The van der Waals surface area contributed by atoms with Crippen LogP contribution in [0.3, 0.4) is 0 Å². The highest BCUT2D eigenvalue weighted by Crippen LogP contribution is 2.44. The van der Waals surface area contributed by atoms with Gasteiger partial charge in [-0.25, -0.2) is 0 Å². The lowest BCUT2D eigenvalue weighted by Gasteiger charge is -2.41. The lowest BCUT2D eigenvalue weighted by Crippen LogP contribution is -2.43. The smallest absolute Gasteiger partial charge is 0.161 e. The molecule has 1 atom stereocenters. The van der Waals surface area contributed by atoms with Crippen molar-refractivity contribution in [1.82, 2.24) is 4.90 Å². The molecular weight excluding hydrogens is 350 g/mol. The van der Waals surface area contributed by atoms with Crippen molar-refractivity contribution in [3.8, 4) is 17.2 Å². The van der Waals surface area contributed by atoms with E-state index in [0.29, 0.717) is 6.04 Å².